The van der Waals surface area contributed by atoms with Crippen LogP contribution in [0.2, 0.25) is 0 Å². The van der Waals surface area contributed by atoms with E-state index in [2.05, 4.69) is 10.6 Å². The quantitative estimate of drug-likeness (QED) is 0.752. The van der Waals surface area contributed by atoms with E-state index in [0.29, 0.717) is 0 Å². The van der Waals surface area contributed by atoms with Gasteiger partial charge in [0.1, 0.15) is 6.61 Å². The summed E-state index contributed by atoms with van der Waals surface area (Å²) in [4.78, 5) is 24.8. The third-order valence-electron chi connectivity index (χ3n) is 4.51. The van der Waals surface area contributed by atoms with Gasteiger partial charge in [-0.25, -0.2) is 0 Å². The molecule has 1 heterocycles. The van der Waals surface area contributed by atoms with Gasteiger partial charge < -0.3 is 15.4 Å². The van der Waals surface area contributed by atoms with E-state index in [1.54, 1.807) is 0 Å². The van der Waals surface area contributed by atoms with E-state index in [1.807, 2.05) is 60.7 Å². The molecule has 1 aliphatic rings. The van der Waals surface area contributed by atoms with Gasteiger partial charge >= 0.3 is 5.97 Å². The predicted octanol–water partition coefficient (Wildman–Crippen LogP) is 2.73. The summed E-state index contributed by atoms with van der Waals surface area (Å²) in [7, 11) is 0. The molecule has 3 rings (SSSR count). The topological polar surface area (TPSA) is 67.4 Å². The second kappa shape index (κ2) is 9.15. The Morgan fingerprint density at radius 1 is 1.08 bits per heavy atom. The molecule has 1 fully saturated rings. The SMILES string of the molecule is O=C(C[C@@H](NC(=O)C1CCCN1)c1ccccc1)OCc1ccccc1. The zero-order valence-corrected chi connectivity index (χ0v) is 14.7. The van der Waals surface area contributed by atoms with Crippen molar-refractivity contribution in [3.05, 3.63) is 71.8 Å². The van der Waals surface area contributed by atoms with Gasteiger partial charge in [-0.15, -0.1) is 0 Å². The number of ether oxygens (including phenoxy) is 1. The molecule has 26 heavy (non-hydrogen) atoms. The zero-order chi connectivity index (χ0) is 18.2. The van der Waals surface area contributed by atoms with Crippen molar-refractivity contribution in [1.29, 1.82) is 0 Å². The van der Waals surface area contributed by atoms with Gasteiger partial charge in [-0.05, 0) is 30.5 Å². The molecule has 5 nitrogen and oxygen atoms in total. The highest BCUT2D eigenvalue weighted by molar-refractivity contribution is 5.83. The molecule has 0 bridgehead atoms. The van der Waals surface area contributed by atoms with Crippen LogP contribution in [-0.4, -0.2) is 24.5 Å². The normalized spacial score (nSPS) is 17.5. The van der Waals surface area contributed by atoms with Gasteiger partial charge in [-0.1, -0.05) is 60.7 Å². The molecule has 0 spiro atoms. The smallest absolute Gasteiger partial charge is 0.308 e. The fraction of sp³-hybridized carbons (Fsp3) is 0.333. The fourth-order valence-corrected chi connectivity index (χ4v) is 3.08. The summed E-state index contributed by atoms with van der Waals surface area (Å²) in [6, 6.07) is 18.5. The largest absolute Gasteiger partial charge is 0.461 e. The number of benzene rings is 2. The van der Waals surface area contributed by atoms with Gasteiger partial charge in [0.15, 0.2) is 0 Å². The average Bonchev–Trinajstić information content (AvgIpc) is 3.22. The Bertz CT molecular complexity index is 713. The molecule has 1 aliphatic heterocycles. The lowest BCUT2D eigenvalue weighted by molar-refractivity contribution is -0.145. The average molecular weight is 352 g/mol. The van der Waals surface area contributed by atoms with E-state index in [-0.39, 0.29) is 30.9 Å². The summed E-state index contributed by atoms with van der Waals surface area (Å²) in [6.07, 6.45) is 1.92. The van der Waals surface area contributed by atoms with Crippen LogP contribution in [0.15, 0.2) is 60.7 Å². The molecular formula is C21H24N2O3. The number of nitrogens with one attached hydrogen (secondary N) is 2. The molecule has 0 aliphatic carbocycles. The summed E-state index contributed by atoms with van der Waals surface area (Å²) < 4.78 is 5.38. The van der Waals surface area contributed by atoms with Crippen LogP contribution in [0.5, 0.6) is 0 Å². The Morgan fingerprint density at radius 2 is 1.77 bits per heavy atom. The number of carbonyl (C=O) groups is 2. The molecule has 1 saturated heterocycles. The number of hydrogen-bond donors (Lipinski definition) is 2. The molecule has 1 unspecified atom stereocenters. The molecule has 0 saturated carbocycles. The molecule has 2 atom stereocenters. The van der Waals surface area contributed by atoms with Gasteiger partial charge in [0, 0.05) is 0 Å². The Kier molecular flexibility index (Phi) is 6.39. The van der Waals surface area contributed by atoms with Crippen molar-refractivity contribution in [2.24, 2.45) is 0 Å². The molecular weight excluding hydrogens is 328 g/mol. The van der Waals surface area contributed by atoms with Crippen LogP contribution in [0.1, 0.15) is 36.4 Å². The van der Waals surface area contributed by atoms with E-state index >= 15 is 0 Å². The summed E-state index contributed by atoms with van der Waals surface area (Å²) in [5.41, 5.74) is 1.84. The molecule has 2 aromatic carbocycles. The van der Waals surface area contributed by atoms with Crippen LogP contribution in [0, 0.1) is 0 Å². The summed E-state index contributed by atoms with van der Waals surface area (Å²) in [5, 5.41) is 6.19. The second-order valence-corrected chi connectivity index (χ2v) is 6.47. The maximum Gasteiger partial charge on any atom is 0.308 e. The third-order valence-corrected chi connectivity index (χ3v) is 4.51. The number of amides is 1. The van der Waals surface area contributed by atoms with E-state index in [0.717, 1.165) is 30.5 Å². The van der Waals surface area contributed by atoms with Crippen molar-refractivity contribution in [3.8, 4) is 0 Å². The van der Waals surface area contributed by atoms with Crippen molar-refractivity contribution in [2.45, 2.75) is 38.0 Å². The van der Waals surface area contributed by atoms with Crippen LogP contribution >= 0.6 is 0 Å². The Morgan fingerprint density at radius 3 is 2.42 bits per heavy atom. The van der Waals surface area contributed by atoms with Crippen molar-refractivity contribution in [3.63, 3.8) is 0 Å². The highest BCUT2D eigenvalue weighted by Gasteiger charge is 2.26. The van der Waals surface area contributed by atoms with Gasteiger partial charge in [-0.2, -0.15) is 0 Å². The van der Waals surface area contributed by atoms with Crippen molar-refractivity contribution >= 4 is 11.9 Å². The van der Waals surface area contributed by atoms with Crippen LogP contribution in [0.4, 0.5) is 0 Å². The van der Waals surface area contributed by atoms with Gasteiger partial charge in [0.05, 0.1) is 18.5 Å². The number of carbonyl (C=O) groups excluding carboxylic acids is 2. The van der Waals surface area contributed by atoms with Gasteiger partial charge in [-0.3, -0.25) is 9.59 Å². The lowest BCUT2D eigenvalue weighted by atomic mass is 10.0. The van der Waals surface area contributed by atoms with E-state index in [1.165, 1.54) is 0 Å². The van der Waals surface area contributed by atoms with Crippen LogP contribution in [0.25, 0.3) is 0 Å². The van der Waals surface area contributed by atoms with E-state index < -0.39 is 6.04 Å². The lowest BCUT2D eigenvalue weighted by Gasteiger charge is -2.21. The molecule has 136 valence electrons. The molecule has 2 aromatic rings. The number of rotatable bonds is 7. The standard InChI is InChI=1S/C21H24N2O3/c24-20(26-15-16-8-3-1-4-9-16)14-19(17-10-5-2-6-11-17)23-21(25)18-12-7-13-22-18/h1-6,8-11,18-19,22H,7,12-15H2,(H,23,25)/t18?,19-/m1/s1. The summed E-state index contributed by atoms with van der Waals surface area (Å²) in [5.74, 6) is -0.394. The monoisotopic (exact) mass is 352 g/mol. The third kappa shape index (κ3) is 5.17. The van der Waals surface area contributed by atoms with Gasteiger partial charge in [0.25, 0.3) is 0 Å². The maximum absolute atomic E-state index is 12.5. The van der Waals surface area contributed by atoms with E-state index in [9.17, 15) is 9.59 Å². The first kappa shape index (κ1) is 18.1. The predicted molar refractivity (Wildman–Crippen MR) is 99.2 cm³/mol. The number of esters is 1. The minimum absolute atomic E-state index is 0.0628. The Labute approximate surface area is 153 Å². The fourth-order valence-electron chi connectivity index (χ4n) is 3.08. The first-order valence-corrected chi connectivity index (χ1v) is 9.00. The molecule has 0 radical (unpaired) electrons. The summed E-state index contributed by atoms with van der Waals surface area (Å²) >= 11 is 0. The maximum atomic E-state index is 12.5. The minimum atomic E-state index is -0.394. The first-order valence-electron chi connectivity index (χ1n) is 9.00. The van der Waals surface area contributed by atoms with Crippen LogP contribution in [0.3, 0.4) is 0 Å². The Balaban J connectivity index is 1.61. The zero-order valence-electron chi connectivity index (χ0n) is 14.7. The molecule has 0 aromatic heterocycles. The highest BCUT2D eigenvalue weighted by atomic mass is 16.5. The van der Waals surface area contributed by atoms with Crippen molar-refractivity contribution < 1.29 is 14.3 Å². The summed E-state index contributed by atoms with van der Waals surface area (Å²) in [6.45, 7) is 1.09. The first-order chi connectivity index (χ1) is 12.7. The Hall–Kier alpha value is -2.66. The highest BCUT2D eigenvalue weighted by Crippen LogP contribution is 2.19. The van der Waals surface area contributed by atoms with Crippen LogP contribution < -0.4 is 10.6 Å². The molecule has 5 heteroatoms. The minimum Gasteiger partial charge on any atom is -0.461 e. The van der Waals surface area contributed by atoms with Gasteiger partial charge in [0.2, 0.25) is 5.91 Å². The van der Waals surface area contributed by atoms with Crippen molar-refractivity contribution in [2.75, 3.05) is 6.54 Å². The second-order valence-electron chi connectivity index (χ2n) is 6.47. The number of hydrogen-bond acceptors (Lipinski definition) is 4. The molecule has 1 amide bonds. The van der Waals surface area contributed by atoms with Crippen molar-refractivity contribution in [1.82, 2.24) is 10.6 Å². The van der Waals surface area contributed by atoms with E-state index in [4.69, 9.17) is 4.74 Å². The lowest BCUT2D eigenvalue weighted by Crippen LogP contribution is -2.42. The molecule has 2 N–H and O–H groups in total. The van der Waals surface area contributed by atoms with Crippen LogP contribution in [-0.2, 0) is 20.9 Å².